The molecule has 0 bridgehead atoms. The predicted molar refractivity (Wildman–Crippen MR) is 82.5 cm³/mol. The van der Waals surface area contributed by atoms with Crippen LogP contribution < -0.4 is 5.32 Å². The van der Waals surface area contributed by atoms with Crippen LogP contribution in [0.3, 0.4) is 0 Å². The van der Waals surface area contributed by atoms with E-state index in [1.54, 1.807) is 0 Å². The molecule has 1 heterocycles. The molecule has 2 aromatic rings. The Morgan fingerprint density at radius 1 is 1.10 bits per heavy atom. The van der Waals surface area contributed by atoms with Gasteiger partial charge in [-0.25, -0.2) is 4.98 Å². The lowest BCUT2D eigenvalue weighted by Crippen LogP contribution is -2.29. The zero-order chi connectivity index (χ0) is 13.9. The van der Waals surface area contributed by atoms with Gasteiger partial charge in [-0.05, 0) is 43.9 Å². The van der Waals surface area contributed by atoms with E-state index in [9.17, 15) is 0 Å². The molecule has 1 N–H and O–H groups in total. The van der Waals surface area contributed by atoms with Crippen molar-refractivity contribution in [3.8, 4) is 0 Å². The van der Waals surface area contributed by atoms with Gasteiger partial charge in [0.05, 0.1) is 29.0 Å². The lowest BCUT2D eigenvalue weighted by molar-refractivity contribution is 0.235. The predicted octanol–water partition coefficient (Wildman–Crippen LogP) is 3.72. The standard InChI is InChI=1S/C17H23N3/c1-12-7-9-13(10-8-12)17(18-2)16-11-19-14-5-3-4-6-15(14)20-16/h3-6,11-13,17-18H,7-10H2,1-2H3. The summed E-state index contributed by atoms with van der Waals surface area (Å²) in [5.41, 5.74) is 3.06. The van der Waals surface area contributed by atoms with Crippen molar-refractivity contribution in [2.45, 2.75) is 38.6 Å². The van der Waals surface area contributed by atoms with Crippen LogP contribution in [0, 0.1) is 11.8 Å². The minimum absolute atomic E-state index is 0.333. The summed E-state index contributed by atoms with van der Waals surface area (Å²) in [6, 6.07) is 8.43. The SMILES string of the molecule is CNC(c1cnc2ccccc2n1)C1CCC(C)CC1. The number of hydrogen-bond donors (Lipinski definition) is 1. The van der Waals surface area contributed by atoms with E-state index >= 15 is 0 Å². The van der Waals surface area contributed by atoms with Crippen LogP contribution in [0.25, 0.3) is 11.0 Å². The lowest BCUT2D eigenvalue weighted by atomic mass is 9.78. The second-order valence-corrected chi connectivity index (χ2v) is 6.07. The van der Waals surface area contributed by atoms with E-state index in [-0.39, 0.29) is 0 Å². The van der Waals surface area contributed by atoms with Crippen molar-refractivity contribution in [2.24, 2.45) is 11.8 Å². The van der Waals surface area contributed by atoms with E-state index < -0.39 is 0 Å². The van der Waals surface area contributed by atoms with E-state index in [1.165, 1.54) is 25.7 Å². The maximum atomic E-state index is 4.82. The van der Waals surface area contributed by atoms with Crippen LogP contribution >= 0.6 is 0 Å². The van der Waals surface area contributed by atoms with E-state index in [0.717, 1.165) is 22.6 Å². The highest BCUT2D eigenvalue weighted by molar-refractivity contribution is 5.73. The molecule has 1 aromatic heterocycles. The molecular weight excluding hydrogens is 246 g/mol. The fourth-order valence-corrected chi connectivity index (χ4v) is 3.37. The third-order valence-electron chi connectivity index (χ3n) is 4.63. The average molecular weight is 269 g/mol. The van der Waals surface area contributed by atoms with E-state index in [2.05, 4.69) is 17.2 Å². The summed E-state index contributed by atoms with van der Waals surface area (Å²) < 4.78 is 0. The van der Waals surface area contributed by atoms with Crippen LogP contribution in [0.2, 0.25) is 0 Å². The van der Waals surface area contributed by atoms with Gasteiger partial charge in [0, 0.05) is 0 Å². The quantitative estimate of drug-likeness (QED) is 0.923. The van der Waals surface area contributed by atoms with Crippen LogP contribution in [0.1, 0.15) is 44.3 Å². The fraction of sp³-hybridized carbons (Fsp3) is 0.529. The number of nitrogens with zero attached hydrogens (tertiary/aromatic N) is 2. The second kappa shape index (κ2) is 5.88. The van der Waals surface area contributed by atoms with Gasteiger partial charge in [-0.1, -0.05) is 31.9 Å². The Balaban J connectivity index is 1.87. The van der Waals surface area contributed by atoms with E-state index in [0.29, 0.717) is 12.0 Å². The Morgan fingerprint density at radius 2 is 1.80 bits per heavy atom. The topological polar surface area (TPSA) is 37.8 Å². The minimum atomic E-state index is 0.333. The molecule has 3 heteroatoms. The maximum absolute atomic E-state index is 4.82. The third-order valence-corrected chi connectivity index (χ3v) is 4.63. The molecule has 1 fully saturated rings. The first-order valence-electron chi connectivity index (χ1n) is 7.67. The molecule has 0 radical (unpaired) electrons. The highest BCUT2D eigenvalue weighted by Crippen LogP contribution is 2.36. The van der Waals surface area contributed by atoms with Crippen LogP contribution in [0.15, 0.2) is 30.5 Å². The van der Waals surface area contributed by atoms with Gasteiger partial charge in [-0.15, -0.1) is 0 Å². The Labute approximate surface area is 120 Å². The second-order valence-electron chi connectivity index (χ2n) is 6.07. The molecule has 3 rings (SSSR count). The molecule has 3 nitrogen and oxygen atoms in total. The Morgan fingerprint density at radius 3 is 2.50 bits per heavy atom. The molecule has 0 spiro atoms. The molecular formula is C17H23N3. The Hall–Kier alpha value is -1.48. The molecule has 0 saturated heterocycles. The lowest BCUT2D eigenvalue weighted by Gasteiger charge is -2.32. The highest BCUT2D eigenvalue weighted by atomic mass is 14.9. The van der Waals surface area contributed by atoms with Crippen LogP contribution in [0.4, 0.5) is 0 Å². The van der Waals surface area contributed by atoms with Crippen molar-refractivity contribution in [1.82, 2.24) is 15.3 Å². The summed E-state index contributed by atoms with van der Waals surface area (Å²) in [7, 11) is 2.04. The molecule has 1 saturated carbocycles. The molecule has 1 aliphatic carbocycles. The minimum Gasteiger partial charge on any atom is -0.311 e. The number of hydrogen-bond acceptors (Lipinski definition) is 3. The molecule has 1 aliphatic rings. The first-order chi connectivity index (χ1) is 9.78. The summed E-state index contributed by atoms with van der Waals surface area (Å²) in [5, 5.41) is 3.47. The number of nitrogens with one attached hydrogen (secondary N) is 1. The van der Waals surface area contributed by atoms with Crippen molar-refractivity contribution in [1.29, 1.82) is 0 Å². The zero-order valence-corrected chi connectivity index (χ0v) is 12.3. The van der Waals surface area contributed by atoms with Crippen molar-refractivity contribution < 1.29 is 0 Å². The van der Waals surface area contributed by atoms with Crippen molar-refractivity contribution in [3.05, 3.63) is 36.2 Å². The van der Waals surface area contributed by atoms with E-state index in [4.69, 9.17) is 4.98 Å². The smallest absolute Gasteiger partial charge is 0.0890 e. The first kappa shape index (κ1) is 13.5. The zero-order valence-electron chi connectivity index (χ0n) is 12.3. The summed E-state index contributed by atoms with van der Waals surface area (Å²) >= 11 is 0. The van der Waals surface area contributed by atoms with Gasteiger partial charge in [0.15, 0.2) is 0 Å². The van der Waals surface area contributed by atoms with Gasteiger partial charge in [-0.3, -0.25) is 4.98 Å². The van der Waals surface area contributed by atoms with Gasteiger partial charge in [-0.2, -0.15) is 0 Å². The van der Waals surface area contributed by atoms with Crippen LogP contribution in [0.5, 0.6) is 0 Å². The van der Waals surface area contributed by atoms with E-state index in [1.807, 2.05) is 37.5 Å². The van der Waals surface area contributed by atoms with Gasteiger partial charge in [0.2, 0.25) is 0 Å². The number of para-hydroxylation sites is 2. The van der Waals surface area contributed by atoms with Gasteiger partial charge < -0.3 is 5.32 Å². The molecule has 106 valence electrons. The largest absolute Gasteiger partial charge is 0.311 e. The molecule has 0 amide bonds. The Kier molecular flexibility index (Phi) is 3.97. The number of benzene rings is 1. The van der Waals surface area contributed by atoms with Gasteiger partial charge >= 0.3 is 0 Å². The summed E-state index contributed by atoms with van der Waals surface area (Å²) in [4.78, 5) is 9.37. The normalized spacial score (nSPS) is 24.7. The summed E-state index contributed by atoms with van der Waals surface area (Å²) in [6.45, 7) is 2.36. The van der Waals surface area contributed by atoms with Crippen molar-refractivity contribution in [3.63, 3.8) is 0 Å². The maximum Gasteiger partial charge on any atom is 0.0890 e. The molecule has 20 heavy (non-hydrogen) atoms. The van der Waals surface area contributed by atoms with Crippen LogP contribution in [-0.2, 0) is 0 Å². The summed E-state index contributed by atoms with van der Waals surface area (Å²) in [5.74, 6) is 1.57. The first-order valence-corrected chi connectivity index (χ1v) is 7.67. The average Bonchev–Trinajstić information content (AvgIpc) is 2.50. The van der Waals surface area contributed by atoms with Gasteiger partial charge in [0.1, 0.15) is 0 Å². The van der Waals surface area contributed by atoms with Crippen molar-refractivity contribution >= 4 is 11.0 Å². The fourth-order valence-electron chi connectivity index (χ4n) is 3.37. The molecule has 0 aliphatic heterocycles. The van der Waals surface area contributed by atoms with Gasteiger partial charge in [0.25, 0.3) is 0 Å². The van der Waals surface area contributed by atoms with Crippen molar-refractivity contribution in [2.75, 3.05) is 7.05 Å². The highest BCUT2D eigenvalue weighted by Gasteiger charge is 2.27. The molecule has 1 atom stereocenters. The monoisotopic (exact) mass is 269 g/mol. The Bertz CT molecular complexity index is 573. The number of fused-ring (bicyclic) bond motifs is 1. The number of aromatic nitrogens is 2. The summed E-state index contributed by atoms with van der Waals surface area (Å²) in [6.07, 6.45) is 7.21. The molecule has 1 aromatic carbocycles. The van der Waals surface area contributed by atoms with Crippen LogP contribution in [-0.4, -0.2) is 17.0 Å². The third kappa shape index (κ3) is 2.68. The number of rotatable bonds is 3. The molecule has 1 unspecified atom stereocenters.